The van der Waals surface area contributed by atoms with E-state index in [-0.39, 0.29) is 12.0 Å². The molecule has 0 bridgehead atoms. The number of nitrogens with zero attached hydrogens (tertiary/aromatic N) is 1. The Morgan fingerprint density at radius 2 is 2.14 bits per heavy atom. The fourth-order valence-electron chi connectivity index (χ4n) is 4.41. The molecule has 8 nitrogen and oxygen atoms in total. The molecule has 0 radical (unpaired) electrons. The second-order valence-corrected chi connectivity index (χ2v) is 10.9. The maximum atomic E-state index is 12.7. The zero-order chi connectivity index (χ0) is 24.0. The second-order valence-electron chi connectivity index (χ2n) is 8.75. The number of nitrogens with one attached hydrogen (secondary N) is 3. The predicted octanol–water partition coefficient (Wildman–Crippen LogP) is 3.79. The maximum absolute atomic E-state index is 12.7. The Labute approximate surface area is 213 Å². The minimum Gasteiger partial charge on any atom is -0.490 e. The summed E-state index contributed by atoms with van der Waals surface area (Å²) in [5.41, 5.74) is 3.32. The lowest BCUT2D eigenvalue weighted by molar-refractivity contribution is -0.116. The number of methoxy groups -OCH3 is 1. The van der Waals surface area contributed by atoms with Gasteiger partial charge in [0.2, 0.25) is 5.91 Å². The molecule has 2 aliphatic rings. The van der Waals surface area contributed by atoms with Crippen molar-refractivity contribution < 1.29 is 19.0 Å². The van der Waals surface area contributed by atoms with Gasteiger partial charge in [-0.3, -0.25) is 4.79 Å². The van der Waals surface area contributed by atoms with Gasteiger partial charge in [0.1, 0.15) is 21.9 Å². The van der Waals surface area contributed by atoms with Gasteiger partial charge in [-0.05, 0) is 30.7 Å². The standard InChI is InChI=1S/C25H32N4O4S2/c1-31-13-10-26-9-5-22(30)29-25-23(18-4-8-27-15-21(18)35-25)24-28-19-14-17(2-3-20(19)34-24)33-16-6-11-32-12-7-16/h2-3,14,16,26-27H,4-13,15H2,1H3,(H,29,30). The van der Waals surface area contributed by atoms with Crippen molar-refractivity contribution in [2.45, 2.75) is 38.3 Å². The molecule has 1 aromatic carbocycles. The van der Waals surface area contributed by atoms with Gasteiger partial charge in [0.05, 0.1) is 30.0 Å². The summed E-state index contributed by atoms with van der Waals surface area (Å²) >= 11 is 3.34. The normalized spacial score (nSPS) is 16.4. The van der Waals surface area contributed by atoms with Crippen molar-refractivity contribution >= 4 is 43.8 Å². The molecule has 35 heavy (non-hydrogen) atoms. The molecule has 0 saturated carbocycles. The fraction of sp³-hybridized carbons (Fsp3) is 0.520. The molecule has 4 heterocycles. The van der Waals surface area contributed by atoms with Gasteiger partial charge in [0, 0.05) is 62.5 Å². The molecule has 1 saturated heterocycles. The molecule has 2 aromatic heterocycles. The first-order valence-corrected chi connectivity index (χ1v) is 13.8. The number of hydrogen-bond acceptors (Lipinski definition) is 9. The van der Waals surface area contributed by atoms with Crippen molar-refractivity contribution in [1.82, 2.24) is 15.6 Å². The Bertz CT molecular complexity index is 1160. The molecule has 188 valence electrons. The molecule has 3 N–H and O–H groups in total. The van der Waals surface area contributed by atoms with E-state index < -0.39 is 0 Å². The van der Waals surface area contributed by atoms with E-state index in [1.165, 1.54) is 10.4 Å². The van der Waals surface area contributed by atoms with Crippen LogP contribution in [0.2, 0.25) is 0 Å². The molecule has 0 spiro atoms. The number of amides is 1. The number of thiazole rings is 1. The number of anilines is 1. The van der Waals surface area contributed by atoms with Crippen molar-refractivity contribution in [1.29, 1.82) is 0 Å². The number of thiophene rings is 1. The van der Waals surface area contributed by atoms with Gasteiger partial charge in [-0.25, -0.2) is 4.98 Å². The lowest BCUT2D eigenvalue weighted by Gasteiger charge is -2.23. The van der Waals surface area contributed by atoms with Crippen LogP contribution in [0.4, 0.5) is 5.00 Å². The minimum absolute atomic E-state index is 0.0102. The Balaban J connectivity index is 1.36. The number of carbonyl (C=O) groups excluding carboxylic acids is 1. The molecule has 5 rings (SSSR count). The van der Waals surface area contributed by atoms with E-state index in [0.717, 1.165) is 83.6 Å². The minimum atomic E-state index is 0.0102. The Morgan fingerprint density at radius 3 is 3.00 bits per heavy atom. The summed E-state index contributed by atoms with van der Waals surface area (Å²) in [7, 11) is 1.67. The first kappa shape index (κ1) is 24.6. The number of benzene rings is 1. The van der Waals surface area contributed by atoms with Gasteiger partial charge in [-0.2, -0.15) is 0 Å². The largest absolute Gasteiger partial charge is 0.490 e. The van der Waals surface area contributed by atoms with Crippen LogP contribution in [0.15, 0.2) is 18.2 Å². The summed E-state index contributed by atoms with van der Waals surface area (Å²) in [5.74, 6) is 0.864. The maximum Gasteiger partial charge on any atom is 0.226 e. The molecule has 10 heteroatoms. The predicted molar refractivity (Wildman–Crippen MR) is 141 cm³/mol. The zero-order valence-electron chi connectivity index (χ0n) is 20.0. The highest BCUT2D eigenvalue weighted by molar-refractivity contribution is 7.23. The Morgan fingerprint density at radius 1 is 1.26 bits per heavy atom. The smallest absolute Gasteiger partial charge is 0.226 e. The van der Waals surface area contributed by atoms with Gasteiger partial charge in [0.15, 0.2) is 0 Å². The summed E-state index contributed by atoms with van der Waals surface area (Å²) in [4.78, 5) is 19.0. The highest BCUT2D eigenvalue weighted by Gasteiger charge is 2.25. The number of aromatic nitrogens is 1. The van der Waals surface area contributed by atoms with Crippen LogP contribution in [0.5, 0.6) is 5.75 Å². The van der Waals surface area contributed by atoms with Gasteiger partial charge >= 0.3 is 0 Å². The number of ether oxygens (including phenoxy) is 3. The first-order valence-electron chi connectivity index (χ1n) is 12.2. The molecule has 1 amide bonds. The van der Waals surface area contributed by atoms with E-state index in [4.69, 9.17) is 19.2 Å². The molecule has 1 fully saturated rings. The van der Waals surface area contributed by atoms with E-state index in [1.54, 1.807) is 29.8 Å². The summed E-state index contributed by atoms with van der Waals surface area (Å²) < 4.78 is 17.8. The van der Waals surface area contributed by atoms with Crippen LogP contribution in [-0.2, 0) is 27.2 Å². The highest BCUT2D eigenvalue weighted by atomic mass is 32.1. The Hall–Kier alpha value is -2.08. The average Bonchev–Trinajstić information content (AvgIpc) is 3.44. The lowest BCUT2D eigenvalue weighted by Crippen LogP contribution is -2.25. The van der Waals surface area contributed by atoms with Crippen LogP contribution in [0.3, 0.4) is 0 Å². The fourth-order valence-corrected chi connectivity index (χ4v) is 6.74. The van der Waals surface area contributed by atoms with E-state index in [2.05, 4.69) is 22.0 Å². The van der Waals surface area contributed by atoms with Crippen molar-refractivity contribution in [3.63, 3.8) is 0 Å². The van der Waals surface area contributed by atoms with Crippen LogP contribution >= 0.6 is 22.7 Å². The monoisotopic (exact) mass is 516 g/mol. The third-order valence-corrected chi connectivity index (χ3v) is 8.44. The van der Waals surface area contributed by atoms with Crippen molar-refractivity contribution in [3.05, 3.63) is 28.6 Å². The van der Waals surface area contributed by atoms with Gasteiger partial charge < -0.3 is 30.2 Å². The SMILES string of the molecule is COCCNCCC(=O)Nc1sc2c(c1-c1nc3cc(OC4CCOCC4)ccc3s1)CCNC2. The number of carbonyl (C=O) groups is 1. The third-order valence-electron chi connectivity index (χ3n) is 6.24. The van der Waals surface area contributed by atoms with Crippen LogP contribution in [-0.4, -0.2) is 63.6 Å². The summed E-state index contributed by atoms with van der Waals surface area (Å²) in [6, 6.07) is 6.16. The molecule has 2 aliphatic heterocycles. The molecule has 0 aliphatic carbocycles. The topological polar surface area (TPSA) is 93.7 Å². The van der Waals surface area contributed by atoms with Crippen molar-refractivity contribution in [3.8, 4) is 16.3 Å². The second kappa shape index (κ2) is 11.8. The number of fused-ring (bicyclic) bond motifs is 2. The van der Waals surface area contributed by atoms with E-state index in [1.807, 2.05) is 12.1 Å². The molecule has 0 unspecified atom stereocenters. The highest BCUT2D eigenvalue weighted by Crippen LogP contribution is 2.45. The summed E-state index contributed by atoms with van der Waals surface area (Å²) in [6.07, 6.45) is 3.38. The zero-order valence-corrected chi connectivity index (χ0v) is 21.6. The molecule has 0 atom stereocenters. The third kappa shape index (κ3) is 6.02. The van der Waals surface area contributed by atoms with Crippen LogP contribution in [0, 0.1) is 0 Å². The quantitative estimate of drug-likeness (QED) is 0.353. The first-order chi connectivity index (χ1) is 17.2. The average molecular weight is 517 g/mol. The van der Waals surface area contributed by atoms with Crippen molar-refractivity contribution in [2.24, 2.45) is 0 Å². The van der Waals surface area contributed by atoms with Crippen LogP contribution in [0.25, 0.3) is 20.8 Å². The Kier molecular flexibility index (Phi) is 8.27. The molecule has 3 aromatic rings. The van der Waals surface area contributed by atoms with Gasteiger partial charge in [-0.1, -0.05) is 0 Å². The molecular formula is C25H32N4O4S2. The lowest BCUT2D eigenvalue weighted by atomic mass is 10.0. The van der Waals surface area contributed by atoms with Gasteiger partial charge in [0.25, 0.3) is 0 Å². The van der Waals surface area contributed by atoms with Crippen LogP contribution < -0.4 is 20.7 Å². The summed E-state index contributed by atoms with van der Waals surface area (Å²) in [6.45, 7) is 5.26. The van der Waals surface area contributed by atoms with E-state index in [9.17, 15) is 4.79 Å². The number of hydrogen-bond donors (Lipinski definition) is 3. The number of rotatable bonds is 10. The summed E-state index contributed by atoms with van der Waals surface area (Å²) in [5, 5.41) is 11.7. The van der Waals surface area contributed by atoms with E-state index in [0.29, 0.717) is 19.6 Å². The molecular weight excluding hydrogens is 484 g/mol. The van der Waals surface area contributed by atoms with Crippen molar-refractivity contribution in [2.75, 3.05) is 51.9 Å². The van der Waals surface area contributed by atoms with Crippen LogP contribution in [0.1, 0.15) is 29.7 Å². The van der Waals surface area contributed by atoms with E-state index >= 15 is 0 Å². The van der Waals surface area contributed by atoms with Gasteiger partial charge in [-0.15, -0.1) is 22.7 Å².